The van der Waals surface area contributed by atoms with Crippen molar-refractivity contribution in [2.24, 2.45) is 15.9 Å². The lowest BCUT2D eigenvalue weighted by molar-refractivity contribution is -0.162. The highest BCUT2D eigenvalue weighted by atomic mass is 19.1. The molecule has 41 heavy (non-hydrogen) atoms. The molecule has 1 fully saturated rings. The van der Waals surface area contributed by atoms with Crippen LogP contribution in [0.1, 0.15) is 47.4 Å². The fraction of sp³-hybridized carbons (Fsp3) is 0.333. The number of benzene rings is 2. The van der Waals surface area contributed by atoms with E-state index in [1.54, 1.807) is 25.1 Å². The van der Waals surface area contributed by atoms with Gasteiger partial charge >= 0.3 is 5.97 Å². The minimum atomic E-state index is -1.78. The number of halogens is 1. The van der Waals surface area contributed by atoms with Crippen LogP contribution < -0.4 is 16.4 Å². The third-order valence-corrected chi connectivity index (χ3v) is 6.76. The van der Waals surface area contributed by atoms with Crippen molar-refractivity contribution in [3.05, 3.63) is 65.2 Å². The molecule has 14 heteroatoms. The molecule has 0 aliphatic carbocycles. The number of amidine groups is 1. The average Bonchev–Trinajstić information content (AvgIpc) is 3.32. The number of nitrogens with one attached hydrogen (secondary N) is 2. The van der Waals surface area contributed by atoms with Crippen LogP contribution in [-0.2, 0) is 19.1 Å². The second-order valence-electron chi connectivity index (χ2n) is 9.53. The molecule has 216 valence electrons. The topological polar surface area (TPSA) is 196 Å². The molecule has 2 aliphatic heterocycles. The SMILES string of the molecule is CC(NC(=O)c1ccc(/C(N)=N/O)cc1)C(=O)N1CCC(OC(NC(=O)C2=Nc3ccccc3C2F)C(=O)O)CC1. The molecule has 2 aromatic carbocycles. The highest BCUT2D eigenvalue weighted by Gasteiger charge is 2.36. The zero-order chi connectivity index (χ0) is 29.7. The number of carbonyl (C=O) groups is 4. The number of carbonyl (C=O) groups excluding carboxylic acids is 3. The average molecular weight is 569 g/mol. The molecule has 2 heterocycles. The van der Waals surface area contributed by atoms with Crippen LogP contribution in [0.4, 0.5) is 10.1 Å². The first-order chi connectivity index (χ1) is 19.6. The van der Waals surface area contributed by atoms with Crippen molar-refractivity contribution in [3.63, 3.8) is 0 Å². The summed E-state index contributed by atoms with van der Waals surface area (Å²) in [6.07, 6.45) is -3.56. The van der Waals surface area contributed by atoms with E-state index in [2.05, 4.69) is 20.8 Å². The van der Waals surface area contributed by atoms with Crippen molar-refractivity contribution in [2.45, 2.75) is 44.3 Å². The minimum Gasteiger partial charge on any atom is -0.478 e. The lowest BCUT2D eigenvalue weighted by Gasteiger charge is -2.34. The summed E-state index contributed by atoms with van der Waals surface area (Å²) in [5.74, 6) is -3.37. The summed E-state index contributed by atoms with van der Waals surface area (Å²) >= 11 is 0. The molecular weight excluding hydrogens is 539 g/mol. The first-order valence-corrected chi connectivity index (χ1v) is 12.8. The summed E-state index contributed by atoms with van der Waals surface area (Å²) in [5.41, 5.74) is 6.30. The summed E-state index contributed by atoms with van der Waals surface area (Å²) in [5, 5.41) is 26.0. The molecule has 0 aromatic heterocycles. The van der Waals surface area contributed by atoms with E-state index in [0.29, 0.717) is 11.3 Å². The quantitative estimate of drug-likeness (QED) is 0.0979. The zero-order valence-electron chi connectivity index (χ0n) is 22.0. The van der Waals surface area contributed by atoms with Gasteiger partial charge in [0.05, 0.1) is 11.8 Å². The van der Waals surface area contributed by atoms with Gasteiger partial charge in [-0.05, 0) is 38.0 Å². The molecule has 0 saturated carbocycles. The number of hydrogen-bond acceptors (Lipinski definition) is 8. The van der Waals surface area contributed by atoms with Crippen LogP contribution in [-0.4, -0.2) is 81.9 Å². The van der Waals surface area contributed by atoms with Crippen LogP contribution in [0.2, 0.25) is 0 Å². The van der Waals surface area contributed by atoms with Crippen molar-refractivity contribution >= 4 is 40.9 Å². The van der Waals surface area contributed by atoms with Crippen LogP contribution in [0, 0.1) is 0 Å². The Kier molecular flexibility index (Phi) is 8.92. The second-order valence-corrected chi connectivity index (χ2v) is 9.53. The fourth-order valence-corrected chi connectivity index (χ4v) is 4.52. The molecule has 13 nitrogen and oxygen atoms in total. The maximum atomic E-state index is 14.7. The third kappa shape index (κ3) is 6.66. The maximum Gasteiger partial charge on any atom is 0.354 e. The highest BCUT2D eigenvalue weighted by Crippen LogP contribution is 2.36. The van der Waals surface area contributed by atoms with Gasteiger partial charge in [0, 0.05) is 29.8 Å². The largest absolute Gasteiger partial charge is 0.478 e. The lowest BCUT2D eigenvalue weighted by Crippen LogP contribution is -2.52. The van der Waals surface area contributed by atoms with Crippen molar-refractivity contribution in [3.8, 4) is 0 Å². The Labute approximate surface area is 233 Å². The Balaban J connectivity index is 1.27. The Morgan fingerprint density at radius 1 is 1.05 bits per heavy atom. The van der Waals surface area contributed by atoms with E-state index in [1.165, 1.54) is 35.2 Å². The van der Waals surface area contributed by atoms with E-state index in [4.69, 9.17) is 15.7 Å². The molecular formula is C27H29FN6O7. The van der Waals surface area contributed by atoms with E-state index < -0.39 is 48.0 Å². The summed E-state index contributed by atoms with van der Waals surface area (Å²) in [6.45, 7) is 2.01. The van der Waals surface area contributed by atoms with Gasteiger partial charge in [0.1, 0.15) is 11.8 Å². The predicted molar refractivity (Wildman–Crippen MR) is 144 cm³/mol. The normalized spacial score (nSPS) is 18.6. The second kappa shape index (κ2) is 12.6. The number of piperidine rings is 1. The number of carboxylic acids is 1. The Morgan fingerprint density at radius 2 is 1.68 bits per heavy atom. The van der Waals surface area contributed by atoms with E-state index in [0.717, 1.165) is 0 Å². The Morgan fingerprint density at radius 3 is 2.29 bits per heavy atom. The summed E-state index contributed by atoms with van der Waals surface area (Å²) in [4.78, 5) is 55.4. The number of hydrogen-bond donors (Lipinski definition) is 5. The number of fused-ring (bicyclic) bond motifs is 1. The van der Waals surface area contributed by atoms with Crippen LogP contribution in [0.5, 0.6) is 0 Å². The molecule has 6 N–H and O–H groups in total. The zero-order valence-corrected chi connectivity index (χ0v) is 22.0. The maximum absolute atomic E-state index is 14.7. The molecule has 2 aliphatic rings. The molecule has 3 amide bonds. The van der Waals surface area contributed by atoms with E-state index >= 15 is 0 Å². The highest BCUT2D eigenvalue weighted by molar-refractivity contribution is 6.42. The molecule has 0 bridgehead atoms. The van der Waals surface area contributed by atoms with E-state index in [-0.39, 0.29) is 48.8 Å². The van der Waals surface area contributed by atoms with Gasteiger partial charge in [0.25, 0.3) is 11.8 Å². The molecule has 4 rings (SSSR count). The predicted octanol–water partition coefficient (Wildman–Crippen LogP) is 1.23. The van der Waals surface area contributed by atoms with Crippen LogP contribution in [0.3, 0.4) is 0 Å². The number of aliphatic carboxylic acids is 1. The molecule has 1 saturated heterocycles. The molecule has 3 atom stereocenters. The first-order valence-electron chi connectivity index (χ1n) is 12.8. The molecule has 2 aromatic rings. The Bertz CT molecular complexity index is 1390. The number of ether oxygens (including phenoxy) is 1. The van der Waals surface area contributed by atoms with Gasteiger partial charge in [0.15, 0.2) is 12.0 Å². The van der Waals surface area contributed by atoms with E-state index in [1.807, 2.05) is 0 Å². The standard InChI is InChI=1S/C27H29FN6O7/c1-14(30-23(35)16-8-6-15(7-9-16)22(29)33-40)26(37)34-12-10-17(11-13-34)41-25(27(38)39)32-24(36)21-20(28)18-4-2-3-5-19(18)31-21/h2-9,14,17,20,25,40H,10-13H2,1H3,(H2,29,33)(H,30,35)(H,32,36)(H,38,39). The molecule has 0 spiro atoms. The van der Waals surface area contributed by atoms with Crippen molar-refractivity contribution in [1.82, 2.24) is 15.5 Å². The van der Waals surface area contributed by atoms with Gasteiger partial charge in [-0.3, -0.25) is 14.4 Å². The van der Waals surface area contributed by atoms with Gasteiger partial charge in [-0.25, -0.2) is 14.2 Å². The van der Waals surface area contributed by atoms with Crippen molar-refractivity contribution in [1.29, 1.82) is 0 Å². The lowest BCUT2D eigenvalue weighted by atomic mass is 10.1. The van der Waals surface area contributed by atoms with Gasteiger partial charge < -0.3 is 36.3 Å². The summed E-state index contributed by atoms with van der Waals surface area (Å²) in [7, 11) is 0. The van der Waals surface area contributed by atoms with Crippen molar-refractivity contribution < 1.29 is 38.6 Å². The number of amides is 3. The number of aliphatic imine (C=N–C) groups is 1. The van der Waals surface area contributed by atoms with Crippen LogP contribution in [0.25, 0.3) is 0 Å². The number of carboxylic acid groups (broad SMARTS) is 1. The van der Waals surface area contributed by atoms with Crippen LogP contribution in [0.15, 0.2) is 58.7 Å². The van der Waals surface area contributed by atoms with Crippen molar-refractivity contribution in [2.75, 3.05) is 13.1 Å². The Hall–Kier alpha value is -4.85. The number of nitrogens with two attached hydrogens (primary N) is 1. The third-order valence-electron chi connectivity index (χ3n) is 6.76. The first kappa shape index (κ1) is 29.1. The number of alkyl halides is 1. The van der Waals surface area contributed by atoms with E-state index in [9.17, 15) is 28.7 Å². The summed E-state index contributed by atoms with van der Waals surface area (Å²) < 4.78 is 20.3. The number of rotatable bonds is 9. The minimum absolute atomic E-state index is 0.104. The fourth-order valence-electron chi connectivity index (χ4n) is 4.52. The van der Waals surface area contributed by atoms with Crippen LogP contribution >= 0.6 is 0 Å². The molecule has 0 radical (unpaired) electrons. The van der Waals surface area contributed by atoms with Gasteiger partial charge in [0.2, 0.25) is 12.1 Å². The number of nitrogens with zero attached hydrogens (tertiary/aromatic N) is 3. The summed E-state index contributed by atoms with van der Waals surface area (Å²) in [6, 6.07) is 11.4. The number of oxime groups is 1. The smallest absolute Gasteiger partial charge is 0.354 e. The molecule has 3 unspecified atom stereocenters. The van der Waals surface area contributed by atoms with Gasteiger partial charge in [-0.15, -0.1) is 0 Å². The number of para-hydroxylation sites is 1. The number of likely N-dealkylation sites (tertiary alicyclic amines) is 1. The van der Waals surface area contributed by atoms with Gasteiger partial charge in [-0.1, -0.05) is 35.5 Å². The monoisotopic (exact) mass is 568 g/mol. The van der Waals surface area contributed by atoms with Gasteiger partial charge in [-0.2, -0.15) is 0 Å².